The predicted molar refractivity (Wildman–Crippen MR) is 112 cm³/mol. The zero-order valence-corrected chi connectivity index (χ0v) is 17.3. The molecule has 0 amide bonds. The monoisotopic (exact) mass is 416 g/mol. The van der Waals surface area contributed by atoms with Gasteiger partial charge < -0.3 is 9.51 Å². The Bertz CT molecular complexity index is 1380. The Labute approximate surface area is 176 Å². The number of hydrogen-bond donors (Lipinski definition) is 2. The average molecular weight is 416 g/mol. The number of H-pyrrole nitrogens is 2. The summed E-state index contributed by atoms with van der Waals surface area (Å²) in [6, 6.07) is 8.98. The lowest BCUT2D eigenvalue weighted by molar-refractivity contribution is 0.0910. The van der Waals surface area contributed by atoms with Crippen LogP contribution in [0.25, 0.3) is 34.2 Å². The van der Waals surface area contributed by atoms with Gasteiger partial charge in [-0.1, -0.05) is 37.2 Å². The van der Waals surface area contributed by atoms with E-state index in [0.717, 1.165) is 5.56 Å². The third-order valence-corrected chi connectivity index (χ3v) is 5.35. The second-order valence-electron chi connectivity index (χ2n) is 8.59. The number of carbonyl (C=O) groups excluding carboxylic acids is 1. The zero-order valence-electron chi connectivity index (χ0n) is 17.3. The standard InChI is InChI=1S/C22H20N6O3/c1-11-23-18(27-26-11)12-5-4-6-13(7-12)19-25-21(31-28-19)15-8-14-16(24-20(15)30)9-22(2,3)10-17(14)29/h4-8H,9-10H2,1-3H3,(H,24,30)(H,23,26,27). The van der Waals surface area contributed by atoms with E-state index in [9.17, 15) is 9.59 Å². The molecule has 1 aromatic carbocycles. The number of nitrogens with zero attached hydrogens (tertiary/aromatic N) is 4. The fraction of sp³-hybridized carbons (Fsp3) is 0.273. The van der Waals surface area contributed by atoms with Crippen molar-refractivity contribution in [2.24, 2.45) is 5.41 Å². The van der Waals surface area contributed by atoms with Crippen LogP contribution in [-0.4, -0.2) is 36.1 Å². The minimum absolute atomic E-state index is 0.00186. The predicted octanol–water partition coefficient (Wildman–Crippen LogP) is 3.34. The quantitative estimate of drug-likeness (QED) is 0.524. The summed E-state index contributed by atoms with van der Waals surface area (Å²) in [5, 5.41) is 11.0. The Morgan fingerprint density at radius 2 is 1.77 bits per heavy atom. The highest BCUT2D eigenvalue weighted by molar-refractivity contribution is 5.99. The van der Waals surface area contributed by atoms with Gasteiger partial charge in [-0.2, -0.15) is 10.1 Å². The van der Waals surface area contributed by atoms with Gasteiger partial charge in [0.2, 0.25) is 5.82 Å². The number of aryl methyl sites for hydroxylation is 1. The van der Waals surface area contributed by atoms with Crippen LogP contribution in [0.2, 0.25) is 0 Å². The number of carbonyl (C=O) groups is 1. The summed E-state index contributed by atoms with van der Waals surface area (Å²) in [6.07, 6.45) is 1.06. The summed E-state index contributed by atoms with van der Waals surface area (Å²) in [4.78, 5) is 36.8. The van der Waals surface area contributed by atoms with E-state index in [0.29, 0.717) is 47.1 Å². The van der Waals surface area contributed by atoms with Gasteiger partial charge in [-0.15, -0.1) is 0 Å². The summed E-state index contributed by atoms with van der Waals surface area (Å²) < 4.78 is 5.37. The molecule has 4 aromatic rings. The van der Waals surface area contributed by atoms with E-state index in [1.807, 2.05) is 45.0 Å². The molecule has 0 spiro atoms. The molecule has 3 aromatic heterocycles. The van der Waals surface area contributed by atoms with Gasteiger partial charge in [-0.05, 0) is 30.9 Å². The topological polar surface area (TPSA) is 130 Å². The molecule has 0 radical (unpaired) electrons. The molecule has 1 aliphatic carbocycles. The van der Waals surface area contributed by atoms with Gasteiger partial charge in [0.1, 0.15) is 11.4 Å². The first-order valence-corrected chi connectivity index (χ1v) is 9.92. The lowest BCUT2D eigenvalue weighted by Gasteiger charge is -2.29. The van der Waals surface area contributed by atoms with Gasteiger partial charge in [0, 0.05) is 28.8 Å². The minimum atomic E-state index is -0.357. The molecular weight excluding hydrogens is 396 g/mol. The maximum absolute atomic E-state index is 12.7. The van der Waals surface area contributed by atoms with E-state index in [1.54, 1.807) is 6.07 Å². The molecule has 2 N–H and O–H groups in total. The van der Waals surface area contributed by atoms with E-state index in [1.165, 1.54) is 0 Å². The minimum Gasteiger partial charge on any atom is -0.333 e. The first kappa shape index (κ1) is 19.1. The summed E-state index contributed by atoms with van der Waals surface area (Å²) in [6.45, 7) is 5.85. The normalized spacial score (nSPS) is 15.1. The van der Waals surface area contributed by atoms with E-state index in [2.05, 4.69) is 30.3 Å². The van der Waals surface area contributed by atoms with Crippen LogP contribution in [0, 0.1) is 12.3 Å². The second-order valence-corrected chi connectivity index (χ2v) is 8.59. The molecule has 9 nitrogen and oxygen atoms in total. The molecule has 31 heavy (non-hydrogen) atoms. The highest BCUT2D eigenvalue weighted by atomic mass is 16.5. The lowest BCUT2D eigenvalue weighted by Crippen LogP contribution is -2.30. The SMILES string of the molecule is Cc1nc(-c2cccc(-c3noc(-c4cc5c([nH]c4=O)CC(C)(C)CC5=O)n3)c2)n[nH]1. The smallest absolute Gasteiger partial charge is 0.263 e. The summed E-state index contributed by atoms with van der Waals surface area (Å²) in [5.41, 5.74) is 2.31. The molecule has 0 atom stereocenters. The van der Waals surface area contributed by atoms with Crippen LogP contribution in [0.1, 0.15) is 42.1 Å². The highest BCUT2D eigenvalue weighted by Gasteiger charge is 2.32. The molecule has 0 fully saturated rings. The number of rotatable bonds is 3. The Morgan fingerprint density at radius 3 is 2.52 bits per heavy atom. The van der Waals surface area contributed by atoms with E-state index in [4.69, 9.17) is 4.52 Å². The first-order valence-electron chi connectivity index (χ1n) is 9.92. The number of fused-ring (bicyclic) bond motifs is 1. The number of ketones is 1. The van der Waals surface area contributed by atoms with Gasteiger partial charge in [-0.3, -0.25) is 14.7 Å². The van der Waals surface area contributed by atoms with Crippen molar-refractivity contribution in [2.75, 3.05) is 0 Å². The summed E-state index contributed by atoms with van der Waals surface area (Å²) >= 11 is 0. The number of Topliss-reactive ketones (excluding diaryl/α,β-unsaturated/α-hetero) is 1. The van der Waals surface area contributed by atoms with Crippen molar-refractivity contribution < 1.29 is 9.32 Å². The third kappa shape index (κ3) is 3.48. The van der Waals surface area contributed by atoms with Crippen molar-refractivity contribution in [3.63, 3.8) is 0 Å². The zero-order chi connectivity index (χ0) is 21.8. The number of hydrogen-bond acceptors (Lipinski definition) is 7. The van der Waals surface area contributed by atoms with E-state index in [-0.39, 0.29) is 28.2 Å². The average Bonchev–Trinajstić information content (AvgIpc) is 3.36. The fourth-order valence-corrected chi connectivity index (χ4v) is 3.91. The van der Waals surface area contributed by atoms with Crippen LogP contribution >= 0.6 is 0 Å². The van der Waals surface area contributed by atoms with E-state index < -0.39 is 0 Å². The van der Waals surface area contributed by atoms with Crippen molar-refractivity contribution in [3.05, 3.63) is 57.8 Å². The Kier molecular flexibility index (Phi) is 4.21. The molecule has 156 valence electrons. The Morgan fingerprint density at radius 1 is 1.00 bits per heavy atom. The highest BCUT2D eigenvalue weighted by Crippen LogP contribution is 2.34. The Hall–Kier alpha value is -3.88. The molecule has 9 heteroatoms. The maximum atomic E-state index is 12.7. The number of pyridine rings is 1. The second kappa shape index (κ2) is 6.83. The molecule has 0 saturated carbocycles. The van der Waals surface area contributed by atoms with Gasteiger partial charge in [0.25, 0.3) is 11.4 Å². The van der Waals surface area contributed by atoms with Crippen LogP contribution < -0.4 is 5.56 Å². The summed E-state index contributed by atoms with van der Waals surface area (Å²) in [7, 11) is 0. The molecular formula is C22H20N6O3. The van der Waals surface area contributed by atoms with Crippen molar-refractivity contribution in [2.45, 2.75) is 33.6 Å². The molecule has 0 unspecified atom stereocenters. The molecule has 0 bridgehead atoms. The Balaban J connectivity index is 1.52. The number of aromatic amines is 2. The molecule has 0 aliphatic heterocycles. The van der Waals surface area contributed by atoms with Crippen LogP contribution in [0.15, 0.2) is 39.6 Å². The number of nitrogens with one attached hydrogen (secondary N) is 2. The van der Waals surface area contributed by atoms with Crippen molar-refractivity contribution in [1.82, 2.24) is 30.3 Å². The van der Waals surface area contributed by atoms with Gasteiger partial charge in [0.15, 0.2) is 11.6 Å². The number of aromatic nitrogens is 6. The largest absolute Gasteiger partial charge is 0.333 e. The molecule has 1 aliphatic rings. The molecule has 5 rings (SSSR count). The van der Waals surface area contributed by atoms with Crippen molar-refractivity contribution >= 4 is 5.78 Å². The first-order chi connectivity index (χ1) is 14.8. The van der Waals surface area contributed by atoms with Crippen molar-refractivity contribution in [3.8, 4) is 34.2 Å². The van der Waals surface area contributed by atoms with Crippen molar-refractivity contribution in [1.29, 1.82) is 0 Å². The van der Waals surface area contributed by atoms with Crippen LogP contribution in [0.5, 0.6) is 0 Å². The third-order valence-electron chi connectivity index (χ3n) is 5.35. The van der Waals surface area contributed by atoms with Crippen LogP contribution in [-0.2, 0) is 6.42 Å². The molecule has 3 heterocycles. The van der Waals surface area contributed by atoms with E-state index >= 15 is 0 Å². The van der Waals surface area contributed by atoms with Gasteiger partial charge in [-0.25, -0.2) is 4.98 Å². The maximum Gasteiger partial charge on any atom is 0.263 e. The lowest BCUT2D eigenvalue weighted by atomic mass is 9.75. The fourth-order valence-electron chi connectivity index (χ4n) is 3.91. The number of benzene rings is 1. The van der Waals surface area contributed by atoms with Crippen LogP contribution in [0.3, 0.4) is 0 Å². The van der Waals surface area contributed by atoms with Gasteiger partial charge in [0.05, 0.1) is 0 Å². The molecule has 0 saturated heterocycles. The van der Waals surface area contributed by atoms with Crippen LogP contribution in [0.4, 0.5) is 0 Å². The summed E-state index contributed by atoms with van der Waals surface area (Å²) in [5.74, 6) is 1.67. The van der Waals surface area contributed by atoms with Gasteiger partial charge >= 0.3 is 0 Å².